The molecule has 8 heteroatoms. The van der Waals surface area contributed by atoms with Gasteiger partial charge in [-0.25, -0.2) is 15.1 Å². The van der Waals surface area contributed by atoms with E-state index in [1.54, 1.807) is 0 Å². The van der Waals surface area contributed by atoms with Crippen LogP contribution in [-0.4, -0.2) is 45.4 Å². The number of aliphatic carboxylic acids is 2. The number of hydrogen-bond donors (Lipinski definition) is 4. The molecule has 0 aliphatic heterocycles. The predicted molar refractivity (Wildman–Crippen MR) is 67.7 cm³/mol. The van der Waals surface area contributed by atoms with Crippen LogP contribution in [0.5, 0.6) is 0 Å². The molecule has 0 saturated carbocycles. The van der Waals surface area contributed by atoms with Gasteiger partial charge in [0.1, 0.15) is 0 Å². The molecule has 0 rings (SSSR count). The van der Waals surface area contributed by atoms with E-state index in [2.05, 4.69) is 11.8 Å². The second-order valence-electron chi connectivity index (χ2n) is 4.35. The number of rotatable bonds is 11. The summed E-state index contributed by atoms with van der Waals surface area (Å²) >= 11 is 0. The van der Waals surface area contributed by atoms with Crippen molar-refractivity contribution >= 4 is 17.8 Å². The average molecular weight is 291 g/mol. The first kappa shape index (κ1) is 18.3. The molecule has 2 atom stereocenters. The van der Waals surface area contributed by atoms with Gasteiger partial charge in [-0.15, -0.1) is 0 Å². The van der Waals surface area contributed by atoms with Gasteiger partial charge >= 0.3 is 11.9 Å². The van der Waals surface area contributed by atoms with Gasteiger partial charge in [-0.05, 0) is 6.42 Å². The van der Waals surface area contributed by atoms with Crippen LogP contribution in [0, 0.1) is 0 Å². The first-order chi connectivity index (χ1) is 9.40. The number of carboxylic acid groups (broad SMARTS) is 2. The zero-order valence-electron chi connectivity index (χ0n) is 11.4. The minimum Gasteiger partial charge on any atom is -0.479 e. The van der Waals surface area contributed by atoms with Crippen molar-refractivity contribution in [3.63, 3.8) is 0 Å². The highest BCUT2D eigenvalue weighted by molar-refractivity contribution is 5.83. The highest BCUT2D eigenvalue weighted by Gasteiger charge is 2.34. The Bertz CT molecular complexity index is 332. The van der Waals surface area contributed by atoms with Crippen LogP contribution < -0.4 is 5.48 Å². The van der Waals surface area contributed by atoms with Gasteiger partial charge in [-0.3, -0.25) is 9.63 Å². The van der Waals surface area contributed by atoms with Crippen molar-refractivity contribution in [3.8, 4) is 0 Å². The lowest BCUT2D eigenvalue weighted by Gasteiger charge is -2.16. The number of carbonyl (C=O) groups excluding carboxylic acids is 1. The summed E-state index contributed by atoms with van der Waals surface area (Å²) in [6.07, 6.45) is 0.552. The molecule has 1 amide bonds. The highest BCUT2D eigenvalue weighted by atomic mass is 16.7. The standard InChI is InChI=1S/C12H21NO7/c1-2-3-4-5-6-7-8(14)13-20-10(12(18)19)9(15)11(16)17/h9-10,15H,2-7H2,1H3,(H,13,14)(H,16,17)(H,18,19). The van der Waals surface area contributed by atoms with Crippen molar-refractivity contribution in [3.05, 3.63) is 0 Å². The molecule has 20 heavy (non-hydrogen) atoms. The smallest absolute Gasteiger partial charge is 0.339 e. The molecule has 4 N–H and O–H groups in total. The van der Waals surface area contributed by atoms with Crippen LogP contribution >= 0.6 is 0 Å². The number of aliphatic hydroxyl groups is 1. The zero-order valence-corrected chi connectivity index (χ0v) is 11.4. The number of carbonyl (C=O) groups is 3. The van der Waals surface area contributed by atoms with Gasteiger partial charge in [0.15, 0.2) is 6.10 Å². The number of aliphatic hydroxyl groups excluding tert-OH is 1. The van der Waals surface area contributed by atoms with Crippen molar-refractivity contribution < 1.29 is 34.5 Å². The molecule has 0 aromatic carbocycles. The van der Waals surface area contributed by atoms with E-state index in [0.29, 0.717) is 6.42 Å². The van der Waals surface area contributed by atoms with Crippen molar-refractivity contribution in [2.24, 2.45) is 0 Å². The summed E-state index contributed by atoms with van der Waals surface area (Å²) in [6, 6.07) is 0. The predicted octanol–water partition coefficient (Wildman–Crippen LogP) is 0.293. The Balaban J connectivity index is 4.00. The van der Waals surface area contributed by atoms with E-state index in [-0.39, 0.29) is 6.42 Å². The van der Waals surface area contributed by atoms with Crippen LogP contribution in [-0.2, 0) is 19.2 Å². The quantitative estimate of drug-likeness (QED) is 0.317. The third-order valence-corrected chi connectivity index (χ3v) is 2.59. The fourth-order valence-electron chi connectivity index (χ4n) is 1.45. The van der Waals surface area contributed by atoms with E-state index < -0.39 is 30.1 Å². The van der Waals surface area contributed by atoms with Crippen LogP contribution in [0.1, 0.15) is 45.4 Å². The lowest BCUT2D eigenvalue weighted by molar-refractivity contribution is -0.180. The van der Waals surface area contributed by atoms with Gasteiger partial charge < -0.3 is 15.3 Å². The van der Waals surface area contributed by atoms with Crippen molar-refractivity contribution in [1.29, 1.82) is 0 Å². The minimum absolute atomic E-state index is 0.152. The maximum Gasteiger partial charge on any atom is 0.339 e. The molecule has 116 valence electrons. The third kappa shape index (κ3) is 7.70. The maximum atomic E-state index is 11.3. The molecule has 0 bridgehead atoms. The Hall–Kier alpha value is -1.67. The van der Waals surface area contributed by atoms with Crippen LogP contribution in [0.15, 0.2) is 0 Å². The number of carboxylic acids is 2. The normalized spacial score (nSPS) is 13.5. The summed E-state index contributed by atoms with van der Waals surface area (Å²) in [5.41, 5.74) is 1.85. The van der Waals surface area contributed by atoms with E-state index in [9.17, 15) is 14.4 Å². The number of amides is 1. The summed E-state index contributed by atoms with van der Waals surface area (Å²) in [4.78, 5) is 36.9. The van der Waals surface area contributed by atoms with Gasteiger partial charge in [0, 0.05) is 6.42 Å². The molecular weight excluding hydrogens is 270 g/mol. The summed E-state index contributed by atoms with van der Waals surface area (Å²) in [7, 11) is 0. The van der Waals surface area contributed by atoms with Gasteiger partial charge in [-0.2, -0.15) is 0 Å². The molecule has 0 aromatic rings. The zero-order chi connectivity index (χ0) is 15.5. The van der Waals surface area contributed by atoms with E-state index in [1.807, 2.05) is 5.48 Å². The average Bonchev–Trinajstić information content (AvgIpc) is 2.37. The Morgan fingerprint density at radius 2 is 1.65 bits per heavy atom. The number of nitrogens with one attached hydrogen (secondary N) is 1. The fourth-order valence-corrected chi connectivity index (χ4v) is 1.45. The van der Waals surface area contributed by atoms with E-state index in [1.165, 1.54) is 0 Å². The van der Waals surface area contributed by atoms with Crippen molar-refractivity contribution in [2.75, 3.05) is 0 Å². The summed E-state index contributed by atoms with van der Waals surface area (Å²) in [5, 5.41) is 26.2. The summed E-state index contributed by atoms with van der Waals surface area (Å²) < 4.78 is 0. The molecule has 0 aromatic heterocycles. The molecule has 8 nitrogen and oxygen atoms in total. The van der Waals surface area contributed by atoms with Crippen molar-refractivity contribution in [2.45, 2.75) is 57.7 Å². The molecule has 0 saturated heterocycles. The highest BCUT2D eigenvalue weighted by Crippen LogP contribution is 2.05. The molecule has 0 heterocycles. The maximum absolute atomic E-state index is 11.3. The molecular formula is C12H21NO7. The van der Waals surface area contributed by atoms with Crippen LogP contribution in [0.25, 0.3) is 0 Å². The molecule has 0 aliphatic carbocycles. The Morgan fingerprint density at radius 1 is 1.05 bits per heavy atom. The third-order valence-electron chi connectivity index (χ3n) is 2.59. The van der Waals surface area contributed by atoms with Gasteiger partial charge in [0.25, 0.3) is 0 Å². The Labute approximate surface area is 116 Å². The second kappa shape index (κ2) is 10.2. The van der Waals surface area contributed by atoms with E-state index >= 15 is 0 Å². The lowest BCUT2D eigenvalue weighted by Crippen LogP contribution is -2.45. The first-order valence-corrected chi connectivity index (χ1v) is 6.48. The molecule has 0 fully saturated rings. The molecule has 0 aliphatic rings. The van der Waals surface area contributed by atoms with E-state index in [4.69, 9.17) is 15.3 Å². The first-order valence-electron chi connectivity index (χ1n) is 6.48. The largest absolute Gasteiger partial charge is 0.479 e. The van der Waals surface area contributed by atoms with Crippen LogP contribution in [0.2, 0.25) is 0 Å². The molecule has 0 radical (unpaired) electrons. The number of hydroxylamine groups is 1. The topological polar surface area (TPSA) is 133 Å². The molecule has 0 spiro atoms. The SMILES string of the molecule is CCCCCCCC(=O)NOC(C(=O)O)C(O)C(=O)O. The summed E-state index contributed by atoms with van der Waals surface area (Å²) in [5.74, 6) is -3.97. The minimum atomic E-state index is -2.25. The van der Waals surface area contributed by atoms with Crippen molar-refractivity contribution in [1.82, 2.24) is 5.48 Å². The van der Waals surface area contributed by atoms with Crippen LogP contribution in [0.3, 0.4) is 0 Å². The summed E-state index contributed by atoms with van der Waals surface area (Å²) in [6.45, 7) is 2.07. The van der Waals surface area contributed by atoms with E-state index in [0.717, 1.165) is 25.7 Å². The Kier molecular flexibility index (Phi) is 9.31. The monoisotopic (exact) mass is 291 g/mol. The fraction of sp³-hybridized carbons (Fsp3) is 0.750. The van der Waals surface area contributed by atoms with Gasteiger partial charge in [0.05, 0.1) is 0 Å². The van der Waals surface area contributed by atoms with Gasteiger partial charge in [-0.1, -0.05) is 32.6 Å². The Morgan fingerprint density at radius 3 is 2.15 bits per heavy atom. The second-order valence-corrected chi connectivity index (χ2v) is 4.35. The molecule has 2 unspecified atom stereocenters. The number of unbranched alkanes of at least 4 members (excludes halogenated alkanes) is 4. The van der Waals surface area contributed by atoms with Gasteiger partial charge in [0.2, 0.25) is 12.0 Å². The lowest BCUT2D eigenvalue weighted by atomic mass is 10.1. The number of hydrogen-bond acceptors (Lipinski definition) is 5. The van der Waals surface area contributed by atoms with Crippen LogP contribution in [0.4, 0.5) is 0 Å².